The number of hydrogen-bond donors (Lipinski definition) is 4. The first-order valence-electron chi connectivity index (χ1n) is 13.1. The van der Waals surface area contributed by atoms with E-state index >= 15 is 0 Å². The fourth-order valence-corrected chi connectivity index (χ4v) is 8.10. The van der Waals surface area contributed by atoms with Gasteiger partial charge in [-0.1, -0.05) is 28.3 Å². The summed E-state index contributed by atoms with van der Waals surface area (Å²) >= 11 is 16.3. The van der Waals surface area contributed by atoms with Gasteiger partial charge in [0.2, 0.25) is 11.8 Å². The molecule has 2 aliphatic heterocycles. The summed E-state index contributed by atoms with van der Waals surface area (Å²) in [5, 5.41) is 28.7. The number of aromatic nitrogens is 5. The van der Waals surface area contributed by atoms with Crippen LogP contribution in [0.4, 0.5) is 5.95 Å². The highest BCUT2D eigenvalue weighted by atomic mass is 35.5. The third-order valence-corrected chi connectivity index (χ3v) is 10.7. The topological polar surface area (TPSA) is 174 Å². The Balaban J connectivity index is 1.11. The van der Waals surface area contributed by atoms with Crippen LogP contribution in [0.1, 0.15) is 12.8 Å². The molecule has 1 aromatic carbocycles. The van der Waals surface area contributed by atoms with Crippen molar-refractivity contribution < 1.29 is 28.9 Å². The van der Waals surface area contributed by atoms with Crippen molar-refractivity contribution in [3.8, 4) is 0 Å². The SMILES string of the molecule is O=C(CCC[n+]1ccc(SCC2=C(C(=O)O)N3C(=O)[C@@H](NC(=O)CSc4cc(Cl)ccc4Cl)[C@H]3SC2)cc1)Nc1nn[nH]n1. The second-order valence-electron chi connectivity index (χ2n) is 9.52. The van der Waals surface area contributed by atoms with Crippen LogP contribution in [0.2, 0.25) is 10.0 Å². The number of carboxylic acids is 1. The van der Waals surface area contributed by atoms with Gasteiger partial charge in [0.05, 0.1) is 10.8 Å². The second kappa shape index (κ2) is 14.6. The average molecular weight is 697 g/mol. The number of β-lactam (4-membered cyclic amide) rings is 1. The predicted molar refractivity (Wildman–Crippen MR) is 166 cm³/mol. The van der Waals surface area contributed by atoms with E-state index in [0.29, 0.717) is 51.4 Å². The molecule has 5 rings (SSSR count). The van der Waals surface area contributed by atoms with Crippen molar-refractivity contribution in [3.63, 3.8) is 0 Å². The number of aliphatic carboxylic acids is 1. The molecule has 4 heterocycles. The second-order valence-corrected chi connectivity index (χ2v) is 13.5. The molecule has 3 aromatic rings. The molecule has 2 atom stereocenters. The Hall–Kier alpha value is -3.31. The lowest BCUT2D eigenvalue weighted by Crippen LogP contribution is -2.70. The maximum absolute atomic E-state index is 13.0. The highest BCUT2D eigenvalue weighted by molar-refractivity contribution is 8.01. The number of carboxylic acid groups (broad SMARTS) is 1. The molecule has 0 radical (unpaired) electrons. The molecule has 0 unspecified atom stereocenters. The number of H-pyrrole nitrogens is 1. The fraction of sp³-hybridized carbons (Fsp3) is 0.308. The Morgan fingerprint density at radius 1 is 1.16 bits per heavy atom. The Kier molecular flexibility index (Phi) is 10.7. The monoisotopic (exact) mass is 695 g/mol. The van der Waals surface area contributed by atoms with Gasteiger partial charge >= 0.3 is 5.97 Å². The summed E-state index contributed by atoms with van der Waals surface area (Å²) < 4.78 is 1.95. The van der Waals surface area contributed by atoms with Gasteiger partial charge in [0, 0.05) is 51.3 Å². The summed E-state index contributed by atoms with van der Waals surface area (Å²) in [7, 11) is 0. The van der Waals surface area contributed by atoms with Gasteiger partial charge in [-0.3, -0.25) is 24.6 Å². The fourth-order valence-electron chi connectivity index (χ4n) is 4.42. The van der Waals surface area contributed by atoms with Gasteiger partial charge in [-0.15, -0.1) is 40.4 Å². The van der Waals surface area contributed by atoms with Crippen molar-refractivity contribution in [3.05, 3.63) is 64.0 Å². The number of anilines is 1. The number of carbonyl (C=O) groups is 4. The number of nitrogens with zero attached hydrogens (tertiary/aromatic N) is 5. The maximum atomic E-state index is 13.0. The number of rotatable bonds is 13. The molecule has 2 aromatic heterocycles. The van der Waals surface area contributed by atoms with Crippen molar-refractivity contribution >= 4 is 88.1 Å². The smallest absolute Gasteiger partial charge is 0.352 e. The number of benzene rings is 1. The number of thioether (sulfide) groups is 3. The summed E-state index contributed by atoms with van der Waals surface area (Å²) in [5.41, 5.74) is 0.610. The van der Waals surface area contributed by atoms with Crippen LogP contribution >= 0.6 is 58.5 Å². The number of carbonyl (C=O) groups excluding carboxylic acids is 3. The summed E-state index contributed by atoms with van der Waals surface area (Å²) in [6, 6.07) is 7.99. The molecule has 0 saturated carbocycles. The number of amides is 3. The van der Waals surface area contributed by atoms with Crippen LogP contribution in [0, 0.1) is 0 Å². The molecular formula is C26H25Cl2N8O5S3+. The van der Waals surface area contributed by atoms with Gasteiger partial charge in [-0.05, 0) is 29.0 Å². The highest BCUT2D eigenvalue weighted by Gasteiger charge is 2.54. The van der Waals surface area contributed by atoms with Gasteiger partial charge in [0.15, 0.2) is 12.4 Å². The van der Waals surface area contributed by atoms with Gasteiger partial charge in [0.1, 0.15) is 23.7 Å². The molecule has 1 fully saturated rings. The lowest BCUT2D eigenvalue weighted by Gasteiger charge is -2.49. The van der Waals surface area contributed by atoms with Crippen molar-refractivity contribution in [2.24, 2.45) is 0 Å². The Morgan fingerprint density at radius 3 is 2.68 bits per heavy atom. The third kappa shape index (κ3) is 7.85. The van der Waals surface area contributed by atoms with E-state index in [1.807, 2.05) is 29.1 Å². The Morgan fingerprint density at radius 2 is 1.95 bits per heavy atom. The average Bonchev–Trinajstić information content (AvgIpc) is 3.52. The molecule has 13 nitrogen and oxygen atoms in total. The van der Waals surface area contributed by atoms with Gasteiger partial charge in [-0.25, -0.2) is 9.36 Å². The van der Waals surface area contributed by atoms with Crippen molar-refractivity contribution in [2.45, 2.75) is 40.6 Å². The van der Waals surface area contributed by atoms with Crippen LogP contribution in [0.3, 0.4) is 0 Å². The minimum atomic E-state index is -1.18. The first kappa shape index (κ1) is 32.1. The summed E-state index contributed by atoms with van der Waals surface area (Å²) in [6.45, 7) is 0.624. The van der Waals surface area contributed by atoms with E-state index < -0.39 is 23.3 Å². The number of aryl methyl sites for hydroxylation is 1. The van der Waals surface area contributed by atoms with Crippen molar-refractivity contribution in [1.82, 2.24) is 30.8 Å². The number of tetrazole rings is 1. The van der Waals surface area contributed by atoms with E-state index in [1.54, 1.807) is 18.2 Å². The number of hydrogen-bond acceptors (Lipinski definition) is 10. The van der Waals surface area contributed by atoms with E-state index in [1.165, 1.54) is 40.2 Å². The van der Waals surface area contributed by atoms with Gasteiger partial charge in [0.25, 0.3) is 11.9 Å². The molecule has 3 amide bonds. The van der Waals surface area contributed by atoms with Crippen LogP contribution in [-0.4, -0.2) is 83.0 Å². The lowest BCUT2D eigenvalue weighted by molar-refractivity contribution is -0.697. The van der Waals surface area contributed by atoms with Crippen molar-refractivity contribution in [1.29, 1.82) is 0 Å². The van der Waals surface area contributed by atoms with Crippen LogP contribution < -0.4 is 15.2 Å². The largest absolute Gasteiger partial charge is 0.477 e. The zero-order valence-electron chi connectivity index (χ0n) is 22.7. The highest BCUT2D eigenvalue weighted by Crippen LogP contribution is 2.41. The van der Waals surface area contributed by atoms with Crippen LogP contribution in [-0.2, 0) is 25.7 Å². The van der Waals surface area contributed by atoms with Crippen LogP contribution in [0.5, 0.6) is 0 Å². The third-order valence-electron chi connectivity index (χ3n) is 6.51. The van der Waals surface area contributed by atoms with Crippen LogP contribution in [0.15, 0.2) is 63.8 Å². The minimum absolute atomic E-state index is 0.0260. The molecule has 4 N–H and O–H groups in total. The lowest BCUT2D eigenvalue weighted by atomic mass is 10.0. The Labute approximate surface area is 273 Å². The molecule has 0 spiro atoms. The van der Waals surface area contributed by atoms with E-state index in [9.17, 15) is 24.3 Å². The summed E-state index contributed by atoms with van der Waals surface area (Å²) in [6.07, 6.45) is 4.68. The molecule has 44 heavy (non-hydrogen) atoms. The maximum Gasteiger partial charge on any atom is 0.352 e. The number of nitrogens with one attached hydrogen (secondary N) is 3. The van der Waals surface area contributed by atoms with E-state index in [2.05, 4.69) is 31.3 Å². The first-order chi connectivity index (χ1) is 21.2. The van der Waals surface area contributed by atoms with Gasteiger partial charge in [-0.2, -0.15) is 5.21 Å². The Bertz CT molecular complexity index is 1590. The molecule has 1 saturated heterocycles. The normalized spacial score (nSPS) is 17.6. The van der Waals surface area contributed by atoms with E-state index in [0.717, 1.165) is 4.90 Å². The molecule has 230 valence electrons. The molecular weight excluding hydrogens is 671 g/mol. The summed E-state index contributed by atoms with van der Waals surface area (Å²) in [5.74, 6) is -1.23. The number of halogens is 2. The standard InChI is InChI=1S/C26H24Cl2N8O5S3/c27-15-3-4-17(28)18(10-15)43-13-20(38)29-21-23(39)36-22(25(40)41)14(12-44-24(21)36)11-42-16-5-8-35(9-6-16)7-1-2-19(37)30-26-31-33-34-32-26/h3-6,8-10,21,24H,1-2,7,11-13H2,(H3-,29,30,31,32,33,34,37,38,40,41)/p+1/t21-,24-/m1/s1. The quantitative estimate of drug-likeness (QED) is 0.118. The first-order valence-corrected chi connectivity index (χ1v) is 16.9. The van der Waals surface area contributed by atoms with Crippen LogP contribution in [0.25, 0.3) is 0 Å². The number of pyridine rings is 1. The van der Waals surface area contributed by atoms with E-state index in [-0.39, 0.29) is 29.2 Å². The predicted octanol–water partition coefficient (Wildman–Crippen LogP) is 2.84. The molecule has 0 bridgehead atoms. The molecule has 18 heteroatoms. The van der Waals surface area contributed by atoms with Crippen molar-refractivity contribution in [2.75, 3.05) is 22.6 Å². The van der Waals surface area contributed by atoms with Gasteiger partial charge < -0.3 is 10.4 Å². The summed E-state index contributed by atoms with van der Waals surface area (Å²) in [4.78, 5) is 52.6. The zero-order valence-corrected chi connectivity index (χ0v) is 26.7. The number of aromatic amines is 1. The molecule has 2 aliphatic rings. The minimum Gasteiger partial charge on any atom is -0.477 e. The molecule has 0 aliphatic carbocycles. The zero-order chi connectivity index (χ0) is 31.2. The number of fused-ring (bicyclic) bond motifs is 1. The van der Waals surface area contributed by atoms with E-state index in [4.69, 9.17) is 23.2 Å².